The summed E-state index contributed by atoms with van der Waals surface area (Å²) < 4.78 is 16.4. The highest BCUT2D eigenvalue weighted by atomic mass is 16.5. The Labute approximate surface area is 198 Å². The van der Waals surface area contributed by atoms with Crippen molar-refractivity contribution in [2.24, 2.45) is 0 Å². The topological polar surface area (TPSA) is 92.8 Å². The van der Waals surface area contributed by atoms with Gasteiger partial charge in [-0.3, -0.25) is 4.79 Å². The zero-order valence-corrected chi connectivity index (χ0v) is 19.4. The van der Waals surface area contributed by atoms with Crippen LogP contribution in [0.15, 0.2) is 66.9 Å². The van der Waals surface area contributed by atoms with Crippen LogP contribution in [0.3, 0.4) is 0 Å². The summed E-state index contributed by atoms with van der Waals surface area (Å²) in [4.78, 5) is 16.6. The second kappa shape index (κ2) is 10.3. The number of ether oxygens (including phenoxy) is 3. The molecule has 4 rings (SSSR count). The summed E-state index contributed by atoms with van der Waals surface area (Å²) in [5.41, 5.74) is 3.89. The summed E-state index contributed by atoms with van der Waals surface area (Å²) in [7, 11) is 4.68. The molecule has 1 aromatic heterocycles. The molecule has 176 valence electrons. The van der Waals surface area contributed by atoms with E-state index in [2.05, 4.69) is 10.3 Å². The smallest absolute Gasteiger partial charge is 0.252 e. The molecule has 0 aliphatic rings. The molecule has 7 nitrogen and oxygen atoms in total. The van der Waals surface area contributed by atoms with E-state index in [0.717, 1.165) is 16.5 Å². The van der Waals surface area contributed by atoms with E-state index in [1.165, 1.54) is 0 Å². The Balaban J connectivity index is 1.64. The molecule has 0 radical (unpaired) electrons. The fourth-order valence-corrected chi connectivity index (χ4v) is 4.15. The summed E-state index contributed by atoms with van der Waals surface area (Å²) in [6.07, 6.45) is 2.41. The summed E-state index contributed by atoms with van der Waals surface area (Å²) in [5, 5.41) is 14.1. The monoisotopic (exact) mass is 460 g/mol. The Morgan fingerprint density at radius 1 is 0.912 bits per heavy atom. The number of benzene rings is 3. The second-order valence-corrected chi connectivity index (χ2v) is 7.87. The van der Waals surface area contributed by atoms with Gasteiger partial charge in [-0.25, -0.2) is 0 Å². The number of aliphatic hydroxyl groups is 1. The van der Waals surface area contributed by atoms with Gasteiger partial charge in [-0.1, -0.05) is 36.4 Å². The quantitative estimate of drug-likeness (QED) is 0.348. The van der Waals surface area contributed by atoms with Gasteiger partial charge in [0.2, 0.25) is 0 Å². The van der Waals surface area contributed by atoms with E-state index >= 15 is 0 Å². The molecule has 1 atom stereocenters. The third-order valence-electron chi connectivity index (χ3n) is 5.86. The Hall–Kier alpha value is -3.97. The van der Waals surface area contributed by atoms with Crippen LogP contribution < -0.4 is 19.5 Å². The van der Waals surface area contributed by atoms with Crippen molar-refractivity contribution < 1.29 is 24.1 Å². The van der Waals surface area contributed by atoms with E-state index in [9.17, 15) is 9.90 Å². The van der Waals surface area contributed by atoms with E-state index in [-0.39, 0.29) is 12.5 Å². The van der Waals surface area contributed by atoms with Crippen molar-refractivity contribution in [2.75, 3.05) is 27.9 Å². The summed E-state index contributed by atoms with van der Waals surface area (Å²) in [6.45, 7) is -0.187. The first kappa shape index (κ1) is 23.2. The second-order valence-electron chi connectivity index (χ2n) is 7.87. The van der Waals surface area contributed by atoms with Gasteiger partial charge in [0.05, 0.1) is 34.0 Å². The van der Waals surface area contributed by atoms with Crippen molar-refractivity contribution in [3.63, 3.8) is 0 Å². The summed E-state index contributed by atoms with van der Waals surface area (Å²) in [5.74, 6) is 1.33. The number of carbonyl (C=O) groups is 1. The normalized spacial score (nSPS) is 11.8. The number of fused-ring (bicyclic) bond motifs is 1. The molecular formula is C27H28N2O5. The largest absolute Gasteiger partial charge is 0.496 e. The van der Waals surface area contributed by atoms with Gasteiger partial charge >= 0.3 is 0 Å². The molecule has 7 heteroatoms. The van der Waals surface area contributed by atoms with E-state index in [1.807, 2.05) is 42.6 Å². The van der Waals surface area contributed by atoms with E-state index in [1.54, 1.807) is 45.6 Å². The fraction of sp³-hybridized carbons (Fsp3) is 0.222. The molecule has 0 saturated carbocycles. The number of hydrogen-bond acceptors (Lipinski definition) is 5. The minimum absolute atomic E-state index is 0.187. The van der Waals surface area contributed by atoms with E-state index in [0.29, 0.717) is 40.4 Å². The van der Waals surface area contributed by atoms with Gasteiger partial charge in [-0.2, -0.15) is 0 Å². The number of carbonyl (C=O) groups excluding carboxylic acids is 1. The molecule has 0 saturated heterocycles. The number of aromatic nitrogens is 1. The third-order valence-corrected chi connectivity index (χ3v) is 5.86. The lowest BCUT2D eigenvalue weighted by molar-refractivity contribution is 0.0917. The van der Waals surface area contributed by atoms with Crippen molar-refractivity contribution in [2.45, 2.75) is 12.5 Å². The molecule has 3 N–H and O–H groups in total. The highest BCUT2D eigenvalue weighted by molar-refractivity contribution is 6.02. The van der Waals surface area contributed by atoms with Crippen LogP contribution in [-0.4, -0.2) is 50.0 Å². The maximum Gasteiger partial charge on any atom is 0.252 e. The predicted octanol–water partition coefficient (Wildman–Crippen LogP) is 4.19. The van der Waals surface area contributed by atoms with Crippen LogP contribution in [0.5, 0.6) is 17.2 Å². The standard InChI is InChI=1S/C27H28N2O5/c1-32-24-14-26(34-3)25(33-2)13-22(24)20-9-4-5-10-21(20)27(31)29-18(16-30)12-17-15-28-23-11-7-6-8-19(17)23/h4-11,13-15,18,28,30H,12,16H2,1-3H3,(H,29,31)/t18-/m1/s1. The number of H-pyrrole nitrogens is 1. The van der Waals surface area contributed by atoms with Crippen molar-refractivity contribution in [3.8, 4) is 28.4 Å². The minimum Gasteiger partial charge on any atom is -0.496 e. The van der Waals surface area contributed by atoms with Crippen molar-refractivity contribution in [1.82, 2.24) is 10.3 Å². The van der Waals surface area contributed by atoms with E-state index in [4.69, 9.17) is 14.2 Å². The van der Waals surface area contributed by atoms with Crippen molar-refractivity contribution in [1.29, 1.82) is 0 Å². The third kappa shape index (κ3) is 4.56. The Bertz CT molecular complexity index is 1300. The molecule has 0 fully saturated rings. The number of nitrogens with one attached hydrogen (secondary N) is 2. The zero-order chi connectivity index (χ0) is 24.1. The van der Waals surface area contributed by atoms with Gasteiger partial charge in [0.25, 0.3) is 5.91 Å². The number of aliphatic hydroxyl groups excluding tert-OH is 1. The summed E-state index contributed by atoms with van der Waals surface area (Å²) in [6, 6.07) is 18.3. The van der Waals surface area contributed by atoms with Gasteiger partial charge in [-0.15, -0.1) is 0 Å². The molecule has 1 heterocycles. The SMILES string of the molecule is COc1cc(OC)c(-c2ccccc2C(=O)N[C@@H](CO)Cc2c[nH]c3ccccc23)cc1OC. The Morgan fingerprint density at radius 3 is 2.32 bits per heavy atom. The van der Waals surface area contributed by atoms with Gasteiger partial charge in [0, 0.05) is 34.3 Å². The van der Waals surface area contributed by atoms with Crippen LogP contribution >= 0.6 is 0 Å². The van der Waals surface area contributed by atoms with Gasteiger partial charge in [0.15, 0.2) is 11.5 Å². The maximum absolute atomic E-state index is 13.4. The van der Waals surface area contributed by atoms with Crippen LogP contribution in [0.25, 0.3) is 22.0 Å². The Kier molecular flexibility index (Phi) is 7.04. The van der Waals surface area contributed by atoms with Crippen LogP contribution in [0.4, 0.5) is 0 Å². The lowest BCUT2D eigenvalue weighted by Crippen LogP contribution is -2.39. The molecule has 34 heavy (non-hydrogen) atoms. The number of hydrogen-bond donors (Lipinski definition) is 3. The van der Waals surface area contributed by atoms with Gasteiger partial charge in [-0.05, 0) is 35.7 Å². The highest BCUT2D eigenvalue weighted by Gasteiger charge is 2.21. The predicted molar refractivity (Wildman–Crippen MR) is 132 cm³/mol. The molecular weight excluding hydrogens is 432 g/mol. The van der Waals surface area contributed by atoms with Crippen LogP contribution in [0.2, 0.25) is 0 Å². The lowest BCUT2D eigenvalue weighted by atomic mass is 9.97. The van der Waals surface area contributed by atoms with Crippen LogP contribution in [0.1, 0.15) is 15.9 Å². The number of para-hydroxylation sites is 1. The molecule has 3 aromatic carbocycles. The van der Waals surface area contributed by atoms with E-state index < -0.39 is 6.04 Å². The number of rotatable bonds is 9. The first-order chi connectivity index (χ1) is 16.6. The van der Waals surface area contributed by atoms with Crippen LogP contribution in [0, 0.1) is 0 Å². The fourth-order valence-electron chi connectivity index (χ4n) is 4.15. The maximum atomic E-state index is 13.4. The van der Waals surface area contributed by atoms with Crippen molar-refractivity contribution >= 4 is 16.8 Å². The molecule has 0 unspecified atom stereocenters. The van der Waals surface area contributed by atoms with Crippen molar-refractivity contribution in [3.05, 3.63) is 78.0 Å². The first-order valence-electron chi connectivity index (χ1n) is 11.0. The number of methoxy groups -OCH3 is 3. The van der Waals surface area contributed by atoms with Gasteiger partial charge < -0.3 is 29.6 Å². The number of amides is 1. The molecule has 4 aromatic rings. The molecule has 0 spiro atoms. The Morgan fingerprint density at radius 2 is 1.59 bits per heavy atom. The van der Waals surface area contributed by atoms with Crippen LogP contribution in [-0.2, 0) is 6.42 Å². The molecule has 1 amide bonds. The summed E-state index contributed by atoms with van der Waals surface area (Å²) >= 11 is 0. The first-order valence-corrected chi connectivity index (χ1v) is 11.0. The average Bonchev–Trinajstić information content (AvgIpc) is 3.30. The number of aromatic amines is 1. The lowest BCUT2D eigenvalue weighted by Gasteiger charge is -2.19. The van der Waals surface area contributed by atoms with Gasteiger partial charge in [0.1, 0.15) is 5.75 Å². The molecule has 0 aliphatic heterocycles. The highest BCUT2D eigenvalue weighted by Crippen LogP contribution is 2.41. The minimum atomic E-state index is -0.452. The molecule has 0 bridgehead atoms. The average molecular weight is 461 g/mol. The zero-order valence-electron chi connectivity index (χ0n) is 19.4. The molecule has 0 aliphatic carbocycles.